The number of carbonyl (C=O) groups excluding carboxylic acids is 1. The number of pyridine rings is 1. The molecule has 3 heterocycles. The van der Waals surface area contributed by atoms with E-state index in [-0.39, 0.29) is 10.7 Å². The second-order valence-electron chi connectivity index (χ2n) is 7.93. The maximum absolute atomic E-state index is 12.5. The fraction of sp³-hybridized carbons (Fsp3) is 0.571. The molecule has 0 aromatic carbocycles. The zero-order chi connectivity index (χ0) is 22.5. The molecule has 3 aliphatic rings. The van der Waals surface area contributed by atoms with Gasteiger partial charge in [0.2, 0.25) is 5.91 Å². The van der Waals surface area contributed by atoms with E-state index >= 15 is 0 Å². The van der Waals surface area contributed by atoms with E-state index in [9.17, 15) is 18.0 Å². The Balaban J connectivity index is 0.000000339. The van der Waals surface area contributed by atoms with Gasteiger partial charge in [-0.2, -0.15) is 13.2 Å². The number of aromatic nitrogens is 1. The standard InChI is InChI=1S/C19H24N2O2S.C2HF3O2/c22-18(16-4-2-1-3-5-16)21-13-19(14-21)10-17(12-24-19)23-11-15-6-8-20-9-7-15;3-2(4,5)1(6)7/h4,6-9,17H,1-3,5,10-14H2;(H,6,7). The first-order valence-electron chi connectivity index (χ1n) is 10.1. The van der Waals surface area contributed by atoms with Crippen LogP contribution in [0.15, 0.2) is 36.2 Å². The van der Waals surface area contributed by atoms with Crippen LogP contribution in [-0.4, -0.2) is 62.7 Å². The number of carboxylic acids is 1. The summed E-state index contributed by atoms with van der Waals surface area (Å²) in [6.07, 6.45) is 6.47. The zero-order valence-corrected chi connectivity index (χ0v) is 17.8. The number of ether oxygens (including phenoxy) is 1. The highest BCUT2D eigenvalue weighted by molar-refractivity contribution is 8.01. The van der Waals surface area contributed by atoms with Gasteiger partial charge in [-0.3, -0.25) is 9.78 Å². The summed E-state index contributed by atoms with van der Waals surface area (Å²) in [5, 5.41) is 7.12. The van der Waals surface area contributed by atoms with Crippen molar-refractivity contribution < 1.29 is 32.6 Å². The fourth-order valence-corrected chi connectivity index (χ4v) is 5.40. The minimum Gasteiger partial charge on any atom is -0.475 e. The Hall–Kier alpha value is -2.07. The molecule has 2 fully saturated rings. The molecule has 1 aliphatic carbocycles. The maximum atomic E-state index is 12.5. The van der Waals surface area contributed by atoms with Gasteiger partial charge in [-0.25, -0.2) is 4.79 Å². The van der Waals surface area contributed by atoms with Gasteiger partial charge >= 0.3 is 12.1 Å². The molecule has 31 heavy (non-hydrogen) atoms. The number of carboxylic acid groups (broad SMARTS) is 1. The average Bonchev–Trinajstić information content (AvgIpc) is 3.17. The number of hydrogen-bond donors (Lipinski definition) is 1. The van der Waals surface area contributed by atoms with Crippen molar-refractivity contribution in [3.63, 3.8) is 0 Å². The number of hydrogen-bond acceptors (Lipinski definition) is 5. The number of halogens is 3. The molecular formula is C21H25F3N2O4S. The summed E-state index contributed by atoms with van der Waals surface area (Å²) in [7, 11) is 0. The molecule has 170 valence electrons. The molecule has 1 amide bonds. The van der Waals surface area contributed by atoms with Crippen molar-refractivity contribution in [2.24, 2.45) is 0 Å². The monoisotopic (exact) mass is 458 g/mol. The van der Waals surface area contributed by atoms with E-state index in [1.54, 1.807) is 12.4 Å². The van der Waals surface area contributed by atoms with Gasteiger partial charge in [0.15, 0.2) is 0 Å². The first kappa shape index (κ1) is 23.6. The average molecular weight is 459 g/mol. The number of alkyl halides is 3. The summed E-state index contributed by atoms with van der Waals surface area (Å²) in [6.45, 7) is 2.44. The molecule has 4 rings (SSSR count). The third kappa shape index (κ3) is 6.46. The molecule has 0 radical (unpaired) electrons. The molecule has 10 heteroatoms. The zero-order valence-electron chi connectivity index (χ0n) is 16.9. The van der Waals surface area contributed by atoms with E-state index in [1.165, 1.54) is 12.0 Å². The summed E-state index contributed by atoms with van der Waals surface area (Å²) < 4.78 is 38.0. The molecule has 1 N–H and O–H groups in total. The SMILES string of the molecule is O=C(C1=CCCCC1)N1CC2(CC(OCc3ccncc3)CS2)C1.O=C(O)C(F)(F)F. The second-order valence-corrected chi connectivity index (χ2v) is 9.41. The number of amides is 1. The lowest BCUT2D eigenvalue weighted by molar-refractivity contribution is -0.192. The van der Waals surface area contributed by atoms with Gasteiger partial charge in [-0.15, -0.1) is 11.8 Å². The van der Waals surface area contributed by atoms with Crippen LogP contribution >= 0.6 is 11.8 Å². The molecule has 1 atom stereocenters. The number of likely N-dealkylation sites (tertiary alicyclic amines) is 1. The molecule has 0 saturated carbocycles. The Bertz CT molecular complexity index is 811. The van der Waals surface area contributed by atoms with Crippen LogP contribution in [0.2, 0.25) is 0 Å². The highest BCUT2D eigenvalue weighted by Gasteiger charge is 2.51. The summed E-state index contributed by atoms with van der Waals surface area (Å²) in [5.41, 5.74) is 2.22. The van der Waals surface area contributed by atoms with Crippen LogP contribution in [0.25, 0.3) is 0 Å². The van der Waals surface area contributed by atoms with Gasteiger partial charge in [0.1, 0.15) is 0 Å². The minimum atomic E-state index is -5.08. The number of rotatable bonds is 4. The van der Waals surface area contributed by atoms with E-state index in [0.717, 1.165) is 50.1 Å². The van der Waals surface area contributed by atoms with Gasteiger partial charge in [0.25, 0.3) is 0 Å². The highest BCUT2D eigenvalue weighted by atomic mass is 32.2. The number of aliphatic carboxylic acids is 1. The van der Waals surface area contributed by atoms with Gasteiger partial charge in [-0.1, -0.05) is 6.08 Å². The van der Waals surface area contributed by atoms with Gasteiger partial charge in [-0.05, 0) is 49.8 Å². The van der Waals surface area contributed by atoms with E-state index < -0.39 is 12.1 Å². The van der Waals surface area contributed by atoms with Crippen molar-refractivity contribution in [1.82, 2.24) is 9.88 Å². The lowest BCUT2D eigenvalue weighted by Gasteiger charge is -2.48. The second kappa shape index (κ2) is 10.0. The Kier molecular flexibility index (Phi) is 7.64. The van der Waals surface area contributed by atoms with Crippen molar-refractivity contribution >= 4 is 23.6 Å². The Morgan fingerprint density at radius 1 is 1.26 bits per heavy atom. The summed E-state index contributed by atoms with van der Waals surface area (Å²) >= 11 is 1.99. The molecule has 2 aliphatic heterocycles. The molecule has 2 saturated heterocycles. The van der Waals surface area contributed by atoms with Crippen LogP contribution in [0.3, 0.4) is 0 Å². The largest absolute Gasteiger partial charge is 0.490 e. The molecule has 1 aromatic heterocycles. The van der Waals surface area contributed by atoms with Crippen molar-refractivity contribution in [2.45, 2.75) is 55.7 Å². The summed E-state index contributed by atoms with van der Waals surface area (Å²) in [6, 6.07) is 4.00. The molecule has 6 nitrogen and oxygen atoms in total. The third-order valence-corrected chi connectivity index (χ3v) is 7.04. The Morgan fingerprint density at radius 2 is 1.94 bits per heavy atom. The van der Waals surface area contributed by atoms with Crippen LogP contribution in [0.4, 0.5) is 13.2 Å². The van der Waals surface area contributed by atoms with Crippen LogP contribution in [-0.2, 0) is 20.9 Å². The Labute approximate surface area is 182 Å². The molecule has 1 unspecified atom stereocenters. The van der Waals surface area contributed by atoms with Crippen molar-refractivity contribution in [3.05, 3.63) is 41.7 Å². The number of allylic oxidation sites excluding steroid dienone is 1. The van der Waals surface area contributed by atoms with Crippen molar-refractivity contribution in [2.75, 3.05) is 18.8 Å². The minimum absolute atomic E-state index is 0.244. The fourth-order valence-electron chi connectivity index (χ4n) is 3.85. The van der Waals surface area contributed by atoms with Gasteiger partial charge in [0, 0.05) is 36.8 Å². The molecule has 1 aromatic rings. The molecular weight excluding hydrogens is 433 g/mol. The topological polar surface area (TPSA) is 79.7 Å². The van der Waals surface area contributed by atoms with Crippen LogP contribution in [0.1, 0.15) is 37.7 Å². The summed E-state index contributed by atoms with van der Waals surface area (Å²) in [5.74, 6) is -1.44. The van der Waals surface area contributed by atoms with Crippen LogP contribution in [0, 0.1) is 0 Å². The molecule has 1 spiro atoms. The Morgan fingerprint density at radius 3 is 2.52 bits per heavy atom. The highest BCUT2D eigenvalue weighted by Crippen LogP contribution is 2.46. The van der Waals surface area contributed by atoms with E-state index in [0.29, 0.717) is 12.7 Å². The van der Waals surface area contributed by atoms with Gasteiger partial charge < -0.3 is 14.7 Å². The van der Waals surface area contributed by atoms with E-state index in [4.69, 9.17) is 14.6 Å². The van der Waals surface area contributed by atoms with Crippen LogP contribution in [0.5, 0.6) is 0 Å². The normalized spacial score (nSPS) is 22.2. The summed E-state index contributed by atoms with van der Waals surface area (Å²) in [4.78, 5) is 27.5. The van der Waals surface area contributed by atoms with Gasteiger partial charge in [0.05, 0.1) is 17.5 Å². The lowest BCUT2D eigenvalue weighted by Crippen LogP contribution is -2.61. The first-order valence-corrected chi connectivity index (χ1v) is 11.1. The van der Waals surface area contributed by atoms with E-state index in [1.807, 2.05) is 28.8 Å². The van der Waals surface area contributed by atoms with Crippen molar-refractivity contribution in [1.29, 1.82) is 0 Å². The third-order valence-electron chi connectivity index (χ3n) is 5.46. The number of thioether (sulfide) groups is 1. The van der Waals surface area contributed by atoms with Crippen LogP contribution < -0.4 is 0 Å². The first-order chi connectivity index (χ1) is 14.7. The van der Waals surface area contributed by atoms with Crippen molar-refractivity contribution in [3.8, 4) is 0 Å². The predicted octanol–water partition coefficient (Wildman–Crippen LogP) is 3.82. The smallest absolute Gasteiger partial charge is 0.475 e. The quantitative estimate of drug-likeness (QED) is 0.739. The lowest BCUT2D eigenvalue weighted by atomic mass is 9.90. The number of nitrogens with zero attached hydrogens (tertiary/aromatic N) is 2. The molecule has 0 bridgehead atoms. The number of carbonyl (C=O) groups is 2. The van der Waals surface area contributed by atoms with E-state index in [2.05, 4.69) is 11.1 Å². The predicted molar refractivity (Wildman–Crippen MR) is 109 cm³/mol. The maximum Gasteiger partial charge on any atom is 0.490 e.